The van der Waals surface area contributed by atoms with Crippen LogP contribution >= 0.6 is 0 Å². The zero-order valence-electron chi connectivity index (χ0n) is 8.69. The largest absolute Gasteiger partial charge is 0.311 e. The molecule has 1 saturated carbocycles. The predicted molar refractivity (Wildman–Crippen MR) is 54.6 cm³/mol. The van der Waals surface area contributed by atoms with Crippen LogP contribution in [0.2, 0.25) is 0 Å². The van der Waals surface area contributed by atoms with Gasteiger partial charge in [-0.3, -0.25) is 0 Å². The van der Waals surface area contributed by atoms with Gasteiger partial charge in [-0.25, -0.2) is 4.39 Å². The number of nitrogens with one attached hydrogen (secondary N) is 1. The van der Waals surface area contributed by atoms with Gasteiger partial charge in [-0.2, -0.15) is 0 Å². The summed E-state index contributed by atoms with van der Waals surface area (Å²) in [4.78, 5) is 0. The van der Waals surface area contributed by atoms with E-state index in [-0.39, 0.29) is 12.7 Å². The van der Waals surface area contributed by atoms with Gasteiger partial charge in [0.25, 0.3) is 0 Å². The molecule has 0 amide bonds. The summed E-state index contributed by atoms with van der Waals surface area (Å²) in [6.45, 7) is 2.69. The molecular weight excluding hydrogens is 165 g/mol. The molecule has 0 aromatic rings. The first-order valence-corrected chi connectivity index (χ1v) is 5.62. The number of halogens is 1. The van der Waals surface area contributed by atoms with Gasteiger partial charge in [0.15, 0.2) is 0 Å². The van der Waals surface area contributed by atoms with Gasteiger partial charge in [-0.15, -0.1) is 0 Å². The van der Waals surface area contributed by atoms with Crippen LogP contribution in [-0.4, -0.2) is 19.3 Å². The standard InChI is InChI=1S/C11H22FN/c1-10(8-12)13-9-11-6-4-2-3-5-7-11/h10-11,13H,2-9H2,1H3/t10-/m0/s1. The third-order valence-electron chi connectivity index (χ3n) is 2.96. The number of rotatable bonds is 4. The van der Waals surface area contributed by atoms with Crippen LogP contribution in [0, 0.1) is 5.92 Å². The van der Waals surface area contributed by atoms with Crippen molar-refractivity contribution in [3.63, 3.8) is 0 Å². The molecule has 0 heterocycles. The average Bonchev–Trinajstić information content (AvgIpc) is 2.42. The van der Waals surface area contributed by atoms with E-state index in [2.05, 4.69) is 5.32 Å². The Bertz CT molecular complexity index is 119. The molecule has 1 N–H and O–H groups in total. The van der Waals surface area contributed by atoms with E-state index in [1.165, 1.54) is 38.5 Å². The summed E-state index contributed by atoms with van der Waals surface area (Å²) in [5.74, 6) is 0.802. The first-order chi connectivity index (χ1) is 6.33. The summed E-state index contributed by atoms with van der Waals surface area (Å²) in [6.07, 6.45) is 8.22. The number of alkyl halides is 1. The number of hydrogen-bond acceptors (Lipinski definition) is 1. The van der Waals surface area contributed by atoms with Gasteiger partial charge in [0.05, 0.1) is 0 Å². The lowest BCUT2D eigenvalue weighted by Crippen LogP contribution is -2.32. The molecule has 0 aromatic heterocycles. The average molecular weight is 187 g/mol. The molecule has 13 heavy (non-hydrogen) atoms. The van der Waals surface area contributed by atoms with Crippen LogP contribution in [-0.2, 0) is 0 Å². The maximum Gasteiger partial charge on any atom is 0.104 e. The maximum absolute atomic E-state index is 12.2. The van der Waals surface area contributed by atoms with Crippen molar-refractivity contribution in [2.24, 2.45) is 5.92 Å². The zero-order chi connectivity index (χ0) is 9.52. The lowest BCUT2D eigenvalue weighted by Gasteiger charge is -2.17. The molecule has 1 aliphatic carbocycles. The summed E-state index contributed by atoms with van der Waals surface area (Å²) in [5, 5.41) is 3.25. The zero-order valence-corrected chi connectivity index (χ0v) is 8.69. The van der Waals surface area contributed by atoms with Crippen LogP contribution in [0.15, 0.2) is 0 Å². The predicted octanol–water partition coefficient (Wildman–Crippen LogP) is 2.90. The molecule has 0 bridgehead atoms. The Balaban J connectivity index is 2.11. The number of hydrogen-bond donors (Lipinski definition) is 1. The molecule has 78 valence electrons. The van der Waals surface area contributed by atoms with Crippen molar-refractivity contribution in [1.29, 1.82) is 0 Å². The van der Waals surface area contributed by atoms with Crippen LogP contribution < -0.4 is 5.32 Å². The molecule has 0 saturated heterocycles. The molecule has 2 heteroatoms. The molecular formula is C11H22FN. The van der Waals surface area contributed by atoms with Crippen LogP contribution in [0.25, 0.3) is 0 Å². The van der Waals surface area contributed by atoms with Crippen molar-refractivity contribution < 1.29 is 4.39 Å². The second-order valence-corrected chi connectivity index (χ2v) is 4.32. The molecule has 1 aliphatic rings. The quantitative estimate of drug-likeness (QED) is 0.667. The highest BCUT2D eigenvalue weighted by Gasteiger charge is 2.12. The molecule has 0 radical (unpaired) electrons. The Kier molecular flexibility index (Phi) is 5.37. The van der Waals surface area contributed by atoms with Crippen molar-refractivity contribution >= 4 is 0 Å². The van der Waals surface area contributed by atoms with E-state index in [1.54, 1.807) is 0 Å². The molecule has 1 nitrogen and oxygen atoms in total. The van der Waals surface area contributed by atoms with E-state index in [1.807, 2.05) is 6.92 Å². The Hall–Kier alpha value is -0.110. The maximum atomic E-state index is 12.2. The van der Waals surface area contributed by atoms with E-state index >= 15 is 0 Å². The Morgan fingerprint density at radius 2 is 1.85 bits per heavy atom. The van der Waals surface area contributed by atoms with Crippen LogP contribution in [0.4, 0.5) is 4.39 Å². The minimum Gasteiger partial charge on any atom is -0.311 e. The summed E-state index contributed by atoms with van der Waals surface area (Å²) in [7, 11) is 0. The summed E-state index contributed by atoms with van der Waals surface area (Å²) in [6, 6.07) is 0.0447. The minimum atomic E-state index is -0.243. The Morgan fingerprint density at radius 1 is 1.23 bits per heavy atom. The van der Waals surface area contributed by atoms with E-state index in [9.17, 15) is 4.39 Å². The van der Waals surface area contributed by atoms with Crippen LogP contribution in [0.3, 0.4) is 0 Å². The van der Waals surface area contributed by atoms with Crippen molar-refractivity contribution in [2.45, 2.75) is 51.5 Å². The highest BCUT2D eigenvalue weighted by molar-refractivity contribution is 4.69. The molecule has 0 aromatic carbocycles. The van der Waals surface area contributed by atoms with E-state index in [4.69, 9.17) is 0 Å². The Labute approximate surface area is 81.1 Å². The lowest BCUT2D eigenvalue weighted by atomic mass is 10.0. The van der Waals surface area contributed by atoms with Crippen LogP contribution in [0.5, 0.6) is 0 Å². The summed E-state index contributed by atoms with van der Waals surface area (Å²) < 4.78 is 12.2. The first kappa shape index (κ1) is 11.0. The molecule has 0 unspecified atom stereocenters. The van der Waals surface area contributed by atoms with Gasteiger partial charge in [-0.05, 0) is 32.2 Å². The minimum absolute atomic E-state index is 0.0447. The normalized spacial score (nSPS) is 22.6. The second kappa shape index (κ2) is 6.36. The van der Waals surface area contributed by atoms with E-state index in [0.717, 1.165) is 12.5 Å². The summed E-state index contributed by atoms with van der Waals surface area (Å²) >= 11 is 0. The first-order valence-electron chi connectivity index (χ1n) is 5.62. The van der Waals surface area contributed by atoms with Gasteiger partial charge in [-0.1, -0.05) is 25.7 Å². The van der Waals surface area contributed by atoms with Gasteiger partial charge < -0.3 is 5.32 Å². The third kappa shape index (κ3) is 4.61. The fourth-order valence-electron chi connectivity index (χ4n) is 1.99. The van der Waals surface area contributed by atoms with E-state index < -0.39 is 0 Å². The van der Waals surface area contributed by atoms with Crippen molar-refractivity contribution in [1.82, 2.24) is 5.32 Å². The van der Waals surface area contributed by atoms with Gasteiger partial charge in [0.1, 0.15) is 6.67 Å². The molecule has 1 atom stereocenters. The fraction of sp³-hybridized carbons (Fsp3) is 1.00. The molecule has 1 rings (SSSR count). The topological polar surface area (TPSA) is 12.0 Å². The van der Waals surface area contributed by atoms with Gasteiger partial charge in [0, 0.05) is 6.04 Å². The molecule has 0 spiro atoms. The second-order valence-electron chi connectivity index (χ2n) is 4.32. The van der Waals surface area contributed by atoms with Crippen LogP contribution in [0.1, 0.15) is 45.4 Å². The highest BCUT2D eigenvalue weighted by Crippen LogP contribution is 2.22. The fourth-order valence-corrected chi connectivity index (χ4v) is 1.99. The highest BCUT2D eigenvalue weighted by atomic mass is 19.1. The molecule has 0 aliphatic heterocycles. The van der Waals surface area contributed by atoms with Gasteiger partial charge >= 0.3 is 0 Å². The van der Waals surface area contributed by atoms with Crippen molar-refractivity contribution in [3.8, 4) is 0 Å². The van der Waals surface area contributed by atoms with Crippen molar-refractivity contribution in [2.75, 3.05) is 13.2 Å². The lowest BCUT2D eigenvalue weighted by molar-refractivity contribution is 0.350. The summed E-state index contributed by atoms with van der Waals surface area (Å²) in [5.41, 5.74) is 0. The third-order valence-corrected chi connectivity index (χ3v) is 2.96. The SMILES string of the molecule is C[C@@H](CF)NCC1CCCCCC1. The van der Waals surface area contributed by atoms with E-state index in [0.29, 0.717) is 0 Å². The van der Waals surface area contributed by atoms with Gasteiger partial charge in [0.2, 0.25) is 0 Å². The smallest absolute Gasteiger partial charge is 0.104 e. The Morgan fingerprint density at radius 3 is 2.38 bits per heavy atom. The molecule has 1 fully saturated rings. The monoisotopic (exact) mass is 187 g/mol. The van der Waals surface area contributed by atoms with Crippen molar-refractivity contribution in [3.05, 3.63) is 0 Å².